The van der Waals surface area contributed by atoms with E-state index < -0.39 is 20.0 Å². The maximum absolute atomic E-state index is 13.0. The number of carbonyl (C=O) groups excluding carboxylic acids is 1. The lowest BCUT2D eigenvalue weighted by Crippen LogP contribution is -2.45. The predicted octanol–water partition coefficient (Wildman–Crippen LogP) is 20.4. The number of quaternary nitrogens is 1. The van der Waals surface area contributed by atoms with Crippen LogP contribution in [-0.2, 0) is 18.4 Å². The number of hydrogen-bond donors (Lipinski definition) is 3. The van der Waals surface area contributed by atoms with Gasteiger partial charge in [-0.2, -0.15) is 0 Å². The average Bonchev–Trinajstić information content (AvgIpc) is 3.39. The number of aliphatic hydroxyl groups is 1. The lowest BCUT2D eigenvalue weighted by atomic mass is 10.0. The van der Waals surface area contributed by atoms with Gasteiger partial charge in [-0.3, -0.25) is 13.8 Å². The molecule has 3 N–H and O–H groups in total. The van der Waals surface area contributed by atoms with E-state index in [1.807, 2.05) is 27.2 Å². The highest BCUT2D eigenvalue weighted by Gasteiger charge is 2.27. The molecule has 448 valence electrons. The van der Waals surface area contributed by atoms with Crippen molar-refractivity contribution in [3.05, 3.63) is 85.1 Å². The first-order chi connectivity index (χ1) is 37.5. The van der Waals surface area contributed by atoms with Crippen molar-refractivity contribution in [1.29, 1.82) is 0 Å². The average molecular weight is 1100 g/mol. The van der Waals surface area contributed by atoms with Gasteiger partial charge in [-0.25, -0.2) is 4.57 Å². The SMILES string of the molecule is CC/C=C\C/C=C\C/C=C\C/C=C\C/C=C\CCCCCCCCCCCCCCCCCCCC(=O)NC(COP(=O)(O)OCC[N+](C)(C)C)C(O)/C=C/CC/C=C/CCCCCCCCCCCCCCCCCC. The zero-order chi connectivity index (χ0) is 56.3. The van der Waals surface area contributed by atoms with E-state index in [1.165, 1.54) is 199 Å². The van der Waals surface area contributed by atoms with E-state index in [0.29, 0.717) is 17.4 Å². The number of likely N-dealkylation sites (N-methyl/N-ethyl adjacent to an activating group) is 1. The zero-order valence-corrected chi connectivity index (χ0v) is 52.1. The maximum Gasteiger partial charge on any atom is 0.472 e. The summed E-state index contributed by atoms with van der Waals surface area (Å²) in [5.74, 6) is -0.185. The number of rotatable bonds is 59. The second-order valence-corrected chi connectivity index (χ2v) is 24.6. The number of amides is 1. The molecule has 0 rings (SSSR count). The van der Waals surface area contributed by atoms with Crippen molar-refractivity contribution >= 4 is 13.7 Å². The summed E-state index contributed by atoms with van der Waals surface area (Å²) in [6, 6.07) is -0.867. The van der Waals surface area contributed by atoms with Crippen molar-refractivity contribution in [2.45, 2.75) is 302 Å². The largest absolute Gasteiger partial charge is 0.472 e. The number of allylic oxidation sites excluding steroid dienone is 13. The number of unbranched alkanes of at least 4 members (excludes halogenated alkanes) is 34. The molecule has 3 unspecified atom stereocenters. The van der Waals surface area contributed by atoms with E-state index in [0.717, 1.165) is 70.6 Å². The van der Waals surface area contributed by atoms with E-state index in [2.05, 4.69) is 92.1 Å². The number of phosphoric ester groups is 1. The number of phosphoric acid groups is 1. The van der Waals surface area contributed by atoms with Crippen LogP contribution in [0.15, 0.2) is 85.1 Å². The van der Waals surface area contributed by atoms with Gasteiger partial charge in [0.05, 0.1) is 39.9 Å². The van der Waals surface area contributed by atoms with Crippen molar-refractivity contribution in [3.8, 4) is 0 Å². The minimum absolute atomic E-state index is 0.0546. The maximum atomic E-state index is 13.0. The van der Waals surface area contributed by atoms with Crippen LogP contribution in [0.5, 0.6) is 0 Å². The lowest BCUT2D eigenvalue weighted by molar-refractivity contribution is -0.870. The van der Waals surface area contributed by atoms with Gasteiger partial charge >= 0.3 is 7.82 Å². The fourth-order valence-corrected chi connectivity index (χ4v) is 10.1. The molecule has 0 aromatic carbocycles. The van der Waals surface area contributed by atoms with Crippen LogP contribution in [0.3, 0.4) is 0 Å². The van der Waals surface area contributed by atoms with Gasteiger partial charge in [0.2, 0.25) is 5.91 Å². The first kappa shape index (κ1) is 74.7. The molecule has 9 heteroatoms. The molecule has 0 aromatic heterocycles. The summed E-state index contributed by atoms with van der Waals surface area (Å²) in [4.78, 5) is 23.4. The van der Waals surface area contributed by atoms with Crippen LogP contribution in [-0.4, -0.2) is 73.4 Å². The van der Waals surface area contributed by atoms with E-state index >= 15 is 0 Å². The molecular formula is C68H126N2O6P+. The van der Waals surface area contributed by atoms with Crippen LogP contribution in [0.1, 0.15) is 290 Å². The molecule has 0 heterocycles. The Balaban J connectivity index is 4.12. The molecule has 77 heavy (non-hydrogen) atoms. The lowest BCUT2D eigenvalue weighted by Gasteiger charge is -2.25. The summed E-state index contributed by atoms with van der Waals surface area (Å²) in [6.07, 6.45) is 82.8. The molecule has 0 fully saturated rings. The Morgan fingerprint density at radius 1 is 0.455 bits per heavy atom. The van der Waals surface area contributed by atoms with Crippen molar-refractivity contribution in [1.82, 2.24) is 5.32 Å². The third-order valence-electron chi connectivity index (χ3n) is 14.3. The van der Waals surface area contributed by atoms with Crippen molar-refractivity contribution < 1.29 is 32.9 Å². The Morgan fingerprint density at radius 2 is 0.792 bits per heavy atom. The molecular weight excluding hydrogens is 972 g/mol. The van der Waals surface area contributed by atoms with E-state index in [4.69, 9.17) is 9.05 Å². The quantitative estimate of drug-likeness (QED) is 0.0243. The summed E-state index contributed by atoms with van der Waals surface area (Å²) in [6.45, 7) is 4.71. The summed E-state index contributed by atoms with van der Waals surface area (Å²) in [5, 5.41) is 14.0. The summed E-state index contributed by atoms with van der Waals surface area (Å²) >= 11 is 0. The standard InChI is InChI=1S/C68H125N2O6P/c1-6-8-10-12-14-16-18-20-22-24-26-28-30-31-32-33-34-35-36-37-38-39-40-42-44-46-48-50-52-54-56-58-60-62-68(72)69-66(65-76-77(73,74)75-64-63-70(3,4)5)67(71)61-59-57-55-53-51-49-47-45-43-41-29-27-25-23-21-19-17-15-13-11-9-7-2/h8,10,14,16,20,22,26,28,31-32,51,53,59,61,66-67,71H,6-7,9,11-13,15,17-19,21,23-25,27,29-30,33-50,52,54-58,60,62-65H2,1-5H3,(H-,69,72,73,74)/p+1/b10-8-,16-14-,22-20-,28-26-,32-31-,53-51+,61-59+. The van der Waals surface area contributed by atoms with E-state index in [1.54, 1.807) is 6.08 Å². The van der Waals surface area contributed by atoms with E-state index in [9.17, 15) is 19.4 Å². The molecule has 0 aliphatic carbocycles. The highest BCUT2D eigenvalue weighted by molar-refractivity contribution is 7.47. The minimum atomic E-state index is -4.36. The molecule has 0 spiro atoms. The smallest absolute Gasteiger partial charge is 0.387 e. The number of aliphatic hydroxyl groups excluding tert-OH is 1. The molecule has 0 aliphatic rings. The normalized spacial score (nSPS) is 14.3. The van der Waals surface area contributed by atoms with Gasteiger partial charge in [-0.1, -0.05) is 292 Å². The molecule has 1 amide bonds. The third kappa shape index (κ3) is 61.2. The van der Waals surface area contributed by atoms with Crippen LogP contribution in [0.4, 0.5) is 0 Å². The third-order valence-corrected chi connectivity index (χ3v) is 15.3. The molecule has 0 saturated heterocycles. The van der Waals surface area contributed by atoms with Crippen molar-refractivity contribution in [2.24, 2.45) is 0 Å². The monoisotopic (exact) mass is 1100 g/mol. The first-order valence-corrected chi connectivity index (χ1v) is 34.0. The molecule has 3 atom stereocenters. The Hall–Kier alpha value is -2.32. The van der Waals surface area contributed by atoms with Gasteiger partial charge in [0.25, 0.3) is 0 Å². The highest BCUT2D eigenvalue weighted by atomic mass is 31.2. The number of nitrogens with one attached hydrogen (secondary N) is 1. The summed E-state index contributed by atoms with van der Waals surface area (Å²) in [7, 11) is 1.56. The fourth-order valence-electron chi connectivity index (χ4n) is 9.32. The van der Waals surface area contributed by atoms with Crippen LogP contribution in [0, 0.1) is 0 Å². The molecule has 0 aromatic rings. The topological polar surface area (TPSA) is 105 Å². The van der Waals surface area contributed by atoms with Gasteiger partial charge in [-0.15, -0.1) is 0 Å². The fraction of sp³-hybridized carbons (Fsp3) is 0.779. The van der Waals surface area contributed by atoms with Crippen LogP contribution >= 0.6 is 7.82 Å². The van der Waals surface area contributed by atoms with Gasteiger partial charge in [0.1, 0.15) is 13.2 Å². The van der Waals surface area contributed by atoms with Gasteiger partial charge in [0.15, 0.2) is 0 Å². The Morgan fingerprint density at radius 3 is 1.19 bits per heavy atom. The van der Waals surface area contributed by atoms with Crippen LogP contribution < -0.4 is 5.32 Å². The molecule has 8 nitrogen and oxygen atoms in total. The van der Waals surface area contributed by atoms with Gasteiger partial charge < -0.3 is 19.8 Å². The number of hydrogen-bond acceptors (Lipinski definition) is 5. The highest BCUT2D eigenvalue weighted by Crippen LogP contribution is 2.43. The second kappa shape index (κ2) is 58.3. The number of carbonyl (C=O) groups is 1. The summed E-state index contributed by atoms with van der Waals surface area (Å²) in [5.41, 5.74) is 0. The predicted molar refractivity (Wildman–Crippen MR) is 336 cm³/mol. The zero-order valence-electron chi connectivity index (χ0n) is 51.2. The van der Waals surface area contributed by atoms with Crippen molar-refractivity contribution in [2.75, 3.05) is 40.9 Å². The van der Waals surface area contributed by atoms with Crippen LogP contribution in [0.2, 0.25) is 0 Å². The van der Waals surface area contributed by atoms with Crippen molar-refractivity contribution in [3.63, 3.8) is 0 Å². The van der Waals surface area contributed by atoms with Crippen LogP contribution in [0.25, 0.3) is 0 Å². The van der Waals surface area contributed by atoms with E-state index in [-0.39, 0.29) is 19.1 Å². The number of nitrogens with zero attached hydrogens (tertiary/aromatic N) is 1. The first-order valence-electron chi connectivity index (χ1n) is 32.5. The molecule has 0 aliphatic heterocycles. The van der Waals surface area contributed by atoms with Gasteiger partial charge in [0, 0.05) is 6.42 Å². The minimum Gasteiger partial charge on any atom is -0.387 e. The van der Waals surface area contributed by atoms with Gasteiger partial charge in [-0.05, 0) is 77.0 Å². The Labute approximate surface area is 477 Å². The Bertz CT molecular complexity index is 1530. The summed E-state index contributed by atoms with van der Waals surface area (Å²) < 4.78 is 23.8. The second-order valence-electron chi connectivity index (χ2n) is 23.1. The molecule has 0 radical (unpaired) electrons. The molecule has 0 saturated carbocycles. The molecule has 0 bridgehead atoms. The Kier molecular flexibility index (Phi) is 56.6.